The van der Waals surface area contributed by atoms with Crippen LogP contribution in [0.3, 0.4) is 0 Å². The molecule has 1 aliphatic carbocycles. The van der Waals surface area contributed by atoms with E-state index in [1.807, 2.05) is 0 Å². The third kappa shape index (κ3) is 2.50. The number of methoxy groups -OCH3 is 1. The van der Waals surface area contributed by atoms with Crippen molar-refractivity contribution in [2.24, 2.45) is 11.7 Å². The lowest BCUT2D eigenvalue weighted by Crippen LogP contribution is -2.54. The van der Waals surface area contributed by atoms with E-state index >= 15 is 0 Å². The van der Waals surface area contributed by atoms with Gasteiger partial charge in [0.05, 0.1) is 24.7 Å². The lowest BCUT2D eigenvalue weighted by molar-refractivity contribution is -0.199. The summed E-state index contributed by atoms with van der Waals surface area (Å²) in [7, 11) is 1.44. The van der Waals surface area contributed by atoms with Gasteiger partial charge in [0.2, 0.25) is 0 Å². The molecule has 0 aromatic carbocycles. The van der Waals surface area contributed by atoms with Crippen molar-refractivity contribution in [3.8, 4) is 0 Å². The van der Waals surface area contributed by atoms with Crippen LogP contribution in [0, 0.1) is 5.92 Å². The van der Waals surface area contributed by atoms with Crippen LogP contribution in [0.4, 0.5) is 0 Å². The van der Waals surface area contributed by atoms with Crippen LogP contribution in [-0.4, -0.2) is 31.3 Å². The SMILES string of the molecule is COC(=O)C1CC2(CCCC(CN)O2)C1.Cl. The van der Waals surface area contributed by atoms with Crippen molar-refractivity contribution in [1.82, 2.24) is 0 Å². The minimum absolute atomic E-state index is 0. The fraction of sp³-hybridized carbons (Fsp3) is 0.909. The van der Waals surface area contributed by atoms with Gasteiger partial charge in [-0.05, 0) is 32.1 Å². The van der Waals surface area contributed by atoms with Crippen LogP contribution < -0.4 is 5.73 Å². The van der Waals surface area contributed by atoms with Crippen LogP contribution in [0.2, 0.25) is 0 Å². The smallest absolute Gasteiger partial charge is 0.308 e. The van der Waals surface area contributed by atoms with Gasteiger partial charge in [-0.3, -0.25) is 4.79 Å². The van der Waals surface area contributed by atoms with Gasteiger partial charge in [0.25, 0.3) is 0 Å². The van der Waals surface area contributed by atoms with E-state index < -0.39 is 0 Å². The topological polar surface area (TPSA) is 61.5 Å². The Morgan fingerprint density at radius 3 is 2.81 bits per heavy atom. The highest BCUT2D eigenvalue weighted by Crippen LogP contribution is 2.48. The van der Waals surface area contributed by atoms with Gasteiger partial charge in [0.15, 0.2) is 0 Å². The number of carbonyl (C=O) groups is 1. The molecule has 1 atom stereocenters. The normalized spacial score (nSPS) is 37.4. The van der Waals surface area contributed by atoms with E-state index in [9.17, 15) is 4.79 Å². The fourth-order valence-electron chi connectivity index (χ4n) is 2.76. The third-order valence-electron chi connectivity index (χ3n) is 3.61. The zero-order valence-electron chi connectivity index (χ0n) is 9.61. The van der Waals surface area contributed by atoms with Gasteiger partial charge in [-0.15, -0.1) is 12.4 Å². The molecule has 2 fully saturated rings. The molecule has 16 heavy (non-hydrogen) atoms. The summed E-state index contributed by atoms with van der Waals surface area (Å²) in [6.07, 6.45) is 5.11. The van der Waals surface area contributed by atoms with Crippen molar-refractivity contribution in [2.75, 3.05) is 13.7 Å². The highest BCUT2D eigenvalue weighted by Gasteiger charge is 2.50. The Kier molecular flexibility index (Phi) is 4.59. The first kappa shape index (κ1) is 13.7. The van der Waals surface area contributed by atoms with E-state index in [1.54, 1.807) is 0 Å². The third-order valence-corrected chi connectivity index (χ3v) is 3.61. The monoisotopic (exact) mass is 249 g/mol. The van der Waals surface area contributed by atoms with Crippen LogP contribution in [0.25, 0.3) is 0 Å². The Labute approximate surface area is 102 Å². The number of hydrogen-bond acceptors (Lipinski definition) is 4. The summed E-state index contributed by atoms with van der Waals surface area (Å²) < 4.78 is 10.7. The zero-order chi connectivity index (χ0) is 10.9. The molecule has 2 aliphatic rings. The highest BCUT2D eigenvalue weighted by atomic mass is 35.5. The lowest BCUT2D eigenvalue weighted by Gasteiger charge is -2.50. The Morgan fingerprint density at radius 1 is 1.56 bits per heavy atom. The summed E-state index contributed by atoms with van der Waals surface area (Å²) in [5.74, 6) is -0.0504. The average molecular weight is 250 g/mol. The summed E-state index contributed by atoms with van der Waals surface area (Å²) in [4.78, 5) is 11.3. The van der Waals surface area contributed by atoms with E-state index in [2.05, 4.69) is 0 Å². The van der Waals surface area contributed by atoms with E-state index in [1.165, 1.54) is 7.11 Å². The van der Waals surface area contributed by atoms with Crippen LogP contribution >= 0.6 is 12.4 Å². The van der Waals surface area contributed by atoms with Crippen LogP contribution in [0.5, 0.6) is 0 Å². The zero-order valence-corrected chi connectivity index (χ0v) is 10.4. The second-order valence-corrected chi connectivity index (χ2v) is 4.68. The van der Waals surface area contributed by atoms with Crippen molar-refractivity contribution in [2.45, 2.75) is 43.8 Å². The second-order valence-electron chi connectivity index (χ2n) is 4.68. The Hall–Kier alpha value is -0.320. The molecule has 0 aromatic rings. The van der Waals surface area contributed by atoms with E-state index in [0.717, 1.165) is 32.1 Å². The molecule has 1 heterocycles. The van der Waals surface area contributed by atoms with Gasteiger partial charge < -0.3 is 15.2 Å². The van der Waals surface area contributed by atoms with E-state index in [0.29, 0.717) is 6.54 Å². The number of esters is 1. The van der Waals surface area contributed by atoms with Crippen molar-refractivity contribution < 1.29 is 14.3 Å². The summed E-state index contributed by atoms with van der Waals surface area (Å²) in [5, 5.41) is 0. The summed E-state index contributed by atoms with van der Waals surface area (Å²) in [6.45, 7) is 0.588. The average Bonchev–Trinajstić information content (AvgIpc) is 2.24. The molecule has 1 saturated heterocycles. The van der Waals surface area contributed by atoms with E-state index in [-0.39, 0.29) is 36.0 Å². The predicted molar refractivity (Wildman–Crippen MR) is 62.5 cm³/mol. The molecule has 2 N–H and O–H groups in total. The predicted octanol–water partition coefficient (Wildman–Crippen LogP) is 1.26. The first-order valence-corrected chi connectivity index (χ1v) is 5.65. The maximum Gasteiger partial charge on any atom is 0.308 e. The minimum Gasteiger partial charge on any atom is -0.469 e. The fourth-order valence-corrected chi connectivity index (χ4v) is 2.76. The second kappa shape index (κ2) is 5.34. The van der Waals surface area contributed by atoms with Crippen molar-refractivity contribution >= 4 is 18.4 Å². The molecule has 4 nitrogen and oxygen atoms in total. The maximum absolute atomic E-state index is 11.3. The molecule has 0 bridgehead atoms. The lowest BCUT2D eigenvalue weighted by atomic mass is 9.67. The number of ether oxygens (including phenoxy) is 2. The molecule has 0 amide bonds. The first-order valence-electron chi connectivity index (χ1n) is 5.65. The largest absolute Gasteiger partial charge is 0.469 e. The highest BCUT2D eigenvalue weighted by molar-refractivity contribution is 5.85. The Bertz CT molecular complexity index is 254. The molecule has 5 heteroatoms. The van der Waals surface area contributed by atoms with Gasteiger partial charge in [0, 0.05) is 6.54 Å². The van der Waals surface area contributed by atoms with Crippen molar-refractivity contribution in [3.63, 3.8) is 0 Å². The molecular formula is C11H20ClNO3. The Morgan fingerprint density at radius 2 is 2.25 bits per heavy atom. The summed E-state index contributed by atoms with van der Waals surface area (Å²) in [5.41, 5.74) is 5.55. The number of nitrogens with two attached hydrogens (primary N) is 1. The number of rotatable bonds is 2. The number of carbonyl (C=O) groups excluding carboxylic acids is 1. The van der Waals surface area contributed by atoms with Gasteiger partial charge in [-0.2, -0.15) is 0 Å². The molecule has 0 radical (unpaired) electrons. The quantitative estimate of drug-likeness (QED) is 0.749. The first-order chi connectivity index (χ1) is 7.19. The molecule has 2 rings (SSSR count). The number of hydrogen-bond donors (Lipinski definition) is 1. The molecule has 0 aromatic heterocycles. The standard InChI is InChI=1S/C11H19NO3.ClH/c1-14-10(13)8-5-11(6-8)4-2-3-9(7-12)15-11;/h8-9H,2-7,12H2,1H3;1H. The molecule has 94 valence electrons. The van der Waals surface area contributed by atoms with Crippen LogP contribution in [0.1, 0.15) is 32.1 Å². The van der Waals surface area contributed by atoms with Crippen LogP contribution in [0.15, 0.2) is 0 Å². The number of halogens is 1. The summed E-state index contributed by atoms with van der Waals surface area (Å²) in [6, 6.07) is 0. The summed E-state index contributed by atoms with van der Waals surface area (Å²) >= 11 is 0. The van der Waals surface area contributed by atoms with Crippen LogP contribution in [-0.2, 0) is 14.3 Å². The van der Waals surface area contributed by atoms with E-state index in [4.69, 9.17) is 15.2 Å². The van der Waals surface area contributed by atoms with Gasteiger partial charge in [0.1, 0.15) is 0 Å². The molecule has 1 spiro atoms. The molecular weight excluding hydrogens is 230 g/mol. The van der Waals surface area contributed by atoms with Crippen molar-refractivity contribution in [1.29, 1.82) is 0 Å². The minimum atomic E-state index is -0.0981. The molecule has 1 aliphatic heterocycles. The molecule has 1 unspecified atom stereocenters. The van der Waals surface area contributed by atoms with Gasteiger partial charge >= 0.3 is 5.97 Å². The van der Waals surface area contributed by atoms with Gasteiger partial charge in [-0.25, -0.2) is 0 Å². The Balaban J connectivity index is 0.00000128. The van der Waals surface area contributed by atoms with Gasteiger partial charge in [-0.1, -0.05) is 0 Å². The molecule has 1 saturated carbocycles. The van der Waals surface area contributed by atoms with Crippen molar-refractivity contribution in [3.05, 3.63) is 0 Å². The maximum atomic E-state index is 11.3.